The molecule has 4 rings (SSSR count). The Bertz CT molecular complexity index is 1300. The van der Waals surface area contributed by atoms with Crippen LogP contribution in [0.15, 0.2) is 47.1 Å². The van der Waals surface area contributed by atoms with Gasteiger partial charge in [-0.25, -0.2) is 13.2 Å². The molecule has 2 aromatic carbocycles. The van der Waals surface area contributed by atoms with Gasteiger partial charge in [-0.2, -0.15) is 0 Å². The van der Waals surface area contributed by atoms with Crippen molar-refractivity contribution in [2.24, 2.45) is 0 Å². The Kier molecular flexibility index (Phi) is 8.11. The number of benzene rings is 2. The number of alkyl halides is 2. The van der Waals surface area contributed by atoms with Gasteiger partial charge in [0, 0.05) is 23.1 Å². The second-order valence-corrected chi connectivity index (χ2v) is 9.48. The fourth-order valence-corrected chi connectivity index (χ4v) is 4.51. The van der Waals surface area contributed by atoms with E-state index in [1.54, 1.807) is 13.0 Å². The first-order chi connectivity index (χ1) is 17.6. The summed E-state index contributed by atoms with van der Waals surface area (Å²) in [6.07, 6.45) is -1.51. The van der Waals surface area contributed by atoms with E-state index in [-0.39, 0.29) is 58.1 Å². The maximum Gasteiger partial charge on any atom is 0.290 e. The molecule has 196 valence electrons. The number of carbonyl (C=O) groups is 2. The van der Waals surface area contributed by atoms with E-state index in [1.165, 1.54) is 36.5 Å². The van der Waals surface area contributed by atoms with Crippen LogP contribution in [0.4, 0.5) is 13.2 Å². The molecule has 0 radical (unpaired) electrons. The summed E-state index contributed by atoms with van der Waals surface area (Å²) in [6.45, 7) is 0.745. The van der Waals surface area contributed by atoms with Gasteiger partial charge in [0.15, 0.2) is 5.78 Å². The van der Waals surface area contributed by atoms with E-state index in [9.17, 15) is 18.4 Å². The number of rotatable bonds is 10. The van der Waals surface area contributed by atoms with Crippen LogP contribution in [0.5, 0.6) is 5.75 Å². The minimum atomic E-state index is -2.73. The number of nitrogens with one attached hydrogen (secondary N) is 1. The number of aromatic nitrogens is 1. The van der Waals surface area contributed by atoms with Gasteiger partial charge in [0.1, 0.15) is 23.7 Å². The van der Waals surface area contributed by atoms with E-state index >= 15 is 4.39 Å². The fraction of sp³-hybridized carbons (Fsp3) is 0.320. The topological polar surface area (TPSA) is 90.7 Å². The number of ketones is 1. The average molecular weight is 557 g/mol. The Balaban J connectivity index is 1.52. The Morgan fingerprint density at radius 3 is 2.54 bits per heavy atom. The number of ether oxygens (including phenoxy) is 2. The average Bonchev–Trinajstić information content (AvgIpc) is 3.35. The zero-order chi connectivity index (χ0) is 26.7. The summed E-state index contributed by atoms with van der Waals surface area (Å²) in [6, 6.07) is 8.39. The molecule has 2 heterocycles. The van der Waals surface area contributed by atoms with Crippen molar-refractivity contribution in [1.29, 1.82) is 0 Å². The molecule has 1 atom stereocenters. The van der Waals surface area contributed by atoms with Crippen LogP contribution >= 0.6 is 23.2 Å². The van der Waals surface area contributed by atoms with Crippen molar-refractivity contribution in [3.63, 3.8) is 0 Å². The minimum Gasteiger partial charge on any atom is -0.485 e. The van der Waals surface area contributed by atoms with Crippen molar-refractivity contribution in [2.75, 3.05) is 19.8 Å². The lowest BCUT2D eigenvalue weighted by atomic mass is 9.83. The normalized spacial score (nSPS) is 15.2. The maximum absolute atomic E-state index is 15.2. The number of carbonyl (C=O) groups excluding carboxylic acids is 2. The van der Waals surface area contributed by atoms with Crippen LogP contribution in [-0.2, 0) is 9.53 Å². The zero-order valence-corrected chi connectivity index (χ0v) is 20.9. The van der Waals surface area contributed by atoms with Gasteiger partial charge in [-0.3, -0.25) is 9.59 Å². The highest BCUT2D eigenvalue weighted by Gasteiger charge is 2.47. The summed E-state index contributed by atoms with van der Waals surface area (Å²) in [5.41, 5.74) is -0.454. The van der Waals surface area contributed by atoms with E-state index < -0.39 is 36.2 Å². The van der Waals surface area contributed by atoms with Crippen LogP contribution in [0.2, 0.25) is 10.0 Å². The highest BCUT2D eigenvalue weighted by molar-refractivity contribution is 6.36. The molecular weight excluding hydrogens is 536 g/mol. The fourth-order valence-electron chi connectivity index (χ4n) is 3.97. The first kappa shape index (κ1) is 27.0. The molecule has 37 heavy (non-hydrogen) atoms. The van der Waals surface area contributed by atoms with Gasteiger partial charge in [0.25, 0.3) is 12.3 Å². The molecule has 0 unspecified atom stereocenters. The van der Waals surface area contributed by atoms with Gasteiger partial charge < -0.3 is 19.3 Å². The smallest absolute Gasteiger partial charge is 0.290 e. The van der Waals surface area contributed by atoms with E-state index in [0.29, 0.717) is 5.56 Å². The van der Waals surface area contributed by atoms with Crippen molar-refractivity contribution < 1.29 is 36.8 Å². The molecule has 12 heteroatoms. The van der Waals surface area contributed by atoms with Gasteiger partial charge in [-0.05, 0) is 35.2 Å². The van der Waals surface area contributed by atoms with Crippen LogP contribution in [-0.4, -0.2) is 48.6 Å². The number of halogens is 5. The quantitative estimate of drug-likeness (QED) is 0.345. The number of Topliss-reactive ketones (excluding diaryl/α,β-unsaturated/α-hetero) is 1. The highest BCUT2D eigenvalue weighted by Crippen LogP contribution is 2.40. The summed E-state index contributed by atoms with van der Waals surface area (Å²) < 4.78 is 55.8. The maximum atomic E-state index is 15.2. The molecule has 0 saturated carbocycles. The third-order valence-corrected chi connectivity index (χ3v) is 6.44. The summed E-state index contributed by atoms with van der Waals surface area (Å²) in [5.74, 6) is -2.21. The zero-order valence-electron chi connectivity index (χ0n) is 19.4. The number of hydrogen-bond acceptors (Lipinski definition) is 6. The SMILES string of the molecule is C[C@@H](CC(=O)C1(NC(=O)c2ccno2)COC1)c1ccc(-c2cc(Cl)cc(Cl)c2OCC(F)F)cc1F. The molecular formula is C25H21Cl2F3N2O5. The summed E-state index contributed by atoms with van der Waals surface area (Å²) in [7, 11) is 0. The molecule has 1 amide bonds. The second kappa shape index (κ2) is 11.1. The van der Waals surface area contributed by atoms with Crippen LogP contribution < -0.4 is 10.1 Å². The Hall–Kier alpha value is -3.08. The van der Waals surface area contributed by atoms with Crippen LogP contribution in [0, 0.1) is 5.82 Å². The standard InChI is InChI=1S/C25H21Cl2F3N2O5/c1-13(6-21(33)25(11-35-12-25)32-24(34)20-4-5-31-37-20)16-3-2-14(7-19(16)28)17-8-15(26)9-18(27)23(17)36-10-22(29)30/h2-5,7-9,13,22H,6,10-12H2,1H3,(H,32,34)/t13-/m0/s1. The van der Waals surface area contributed by atoms with E-state index in [1.807, 2.05) is 0 Å². The summed E-state index contributed by atoms with van der Waals surface area (Å²) in [4.78, 5) is 25.5. The van der Waals surface area contributed by atoms with Gasteiger partial charge in [0.05, 0.1) is 24.4 Å². The van der Waals surface area contributed by atoms with E-state index in [2.05, 4.69) is 10.5 Å². The minimum absolute atomic E-state index is 0.00647. The molecule has 1 fully saturated rings. The van der Waals surface area contributed by atoms with Crippen molar-refractivity contribution in [3.05, 3.63) is 69.8 Å². The lowest BCUT2D eigenvalue weighted by Gasteiger charge is -2.40. The van der Waals surface area contributed by atoms with Crippen molar-refractivity contribution in [2.45, 2.75) is 31.2 Å². The summed E-state index contributed by atoms with van der Waals surface area (Å²) in [5, 5.41) is 6.33. The predicted octanol–water partition coefficient (Wildman–Crippen LogP) is 5.69. The predicted molar refractivity (Wildman–Crippen MR) is 129 cm³/mol. The number of amides is 1. The molecule has 1 aromatic heterocycles. The molecule has 1 saturated heterocycles. The third kappa shape index (κ3) is 5.92. The molecule has 1 aliphatic heterocycles. The highest BCUT2D eigenvalue weighted by atomic mass is 35.5. The Morgan fingerprint density at radius 2 is 1.95 bits per heavy atom. The monoisotopic (exact) mass is 556 g/mol. The molecule has 0 spiro atoms. The van der Waals surface area contributed by atoms with Gasteiger partial charge in [-0.15, -0.1) is 0 Å². The van der Waals surface area contributed by atoms with E-state index in [4.69, 9.17) is 37.2 Å². The largest absolute Gasteiger partial charge is 0.485 e. The van der Waals surface area contributed by atoms with Crippen LogP contribution in [0.25, 0.3) is 11.1 Å². The Labute approximate surface area is 219 Å². The third-order valence-electron chi connectivity index (χ3n) is 5.94. The Morgan fingerprint density at radius 1 is 1.19 bits per heavy atom. The lowest BCUT2D eigenvalue weighted by Crippen LogP contribution is -2.67. The molecule has 7 nitrogen and oxygen atoms in total. The van der Waals surface area contributed by atoms with Crippen molar-refractivity contribution in [3.8, 4) is 16.9 Å². The lowest BCUT2D eigenvalue weighted by molar-refractivity contribution is -0.144. The van der Waals surface area contributed by atoms with Crippen LogP contribution in [0.3, 0.4) is 0 Å². The molecule has 1 N–H and O–H groups in total. The van der Waals surface area contributed by atoms with Crippen LogP contribution in [0.1, 0.15) is 35.4 Å². The molecule has 0 bridgehead atoms. The molecule has 3 aromatic rings. The molecule has 1 aliphatic rings. The molecule has 0 aliphatic carbocycles. The second-order valence-electron chi connectivity index (χ2n) is 8.64. The van der Waals surface area contributed by atoms with Crippen molar-refractivity contribution in [1.82, 2.24) is 10.5 Å². The van der Waals surface area contributed by atoms with Gasteiger partial charge in [-0.1, -0.05) is 47.4 Å². The van der Waals surface area contributed by atoms with Gasteiger partial charge in [0.2, 0.25) is 5.76 Å². The van der Waals surface area contributed by atoms with Gasteiger partial charge >= 0.3 is 0 Å². The van der Waals surface area contributed by atoms with E-state index in [0.717, 1.165) is 0 Å². The number of hydrogen-bond donors (Lipinski definition) is 1. The first-order valence-electron chi connectivity index (χ1n) is 11.1. The van der Waals surface area contributed by atoms with Crippen molar-refractivity contribution >= 4 is 34.9 Å². The first-order valence-corrected chi connectivity index (χ1v) is 11.9. The number of nitrogens with zero attached hydrogens (tertiary/aromatic N) is 1. The summed E-state index contributed by atoms with van der Waals surface area (Å²) >= 11 is 12.2.